The Balaban J connectivity index is -0.0000000457. The van der Waals surface area contributed by atoms with E-state index in [9.17, 15) is 0 Å². The van der Waals surface area contributed by atoms with Gasteiger partial charge in [-0.15, -0.1) is 0 Å². The van der Waals surface area contributed by atoms with E-state index in [0.29, 0.717) is 0 Å². The first-order valence-corrected chi connectivity index (χ1v) is 4.44. The first-order chi connectivity index (χ1) is 6.33. The monoisotopic (exact) mass is 184 g/mol. The van der Waals surface area contributed by atoms with Crippen molar-refractivity contribution in [2.24, 2.45) is 0 Å². The molecule has 0 heterocycles. The van der Waals surface area contributed by atoms with Crippen LogP contribution in [0.2, 0.25) is 0 Å². The zero-order valence-corrected chi connectivity index (χ0v) is 9.55. The van der Waals surface area contributed by atoms with Gasteiger partial charge in [0.1, 0.15) is 0 Å². The van der Waals surface area contributed by atoms with Crippen LogP contribution >= 0.6 is 0 Å². The summed E-state index contributed by atoms with van der Waals surface area (Å²) in [5.41, 5.74) is 0. The molecule has 13 heavy (non-hydrogen) atoms. The second kappa shape index (κ2) is 72.5. The number of ether oxygens (including phenoxy) is 1. The van der Waals surface area contributed by atoms with Crippen LogP contribution < -0.4 is 0 Å². The van der Waals surface area contributed by atoms with Crippen LogP contribution in [-0.4, -0.2) is 0 Å². The van der Waals surface area contributed by atoms with E-state index in [1.165, 1.54) is 12.5 Å². The molecule has 0 aromatic carbocycles. The van der Waals surface area contributed by atoms with Crippen molar-refractivity contribution >= 4 is 0 Å². The van der Waals surface area contributed by atoms with Gasteiger partial charge in [0, 0.05) is 0 Å². The Bertz CT molecular complexity index is 81.3. The maximum Gasteiger partial charge on any atom is 0.0829 e. The number of hydrogen-bond donors (Lipinski definition) is 0. The van der Waals surface area contributed by atoms with Crippen molar-refractivity contribution in [2.75, 3.05) is 0 Å². The lowest BCUT2D eigenvalue weighted by Gasteiger charge is -1.76. The fourth-order valence-electron chi connectivity index (χ4n) is 0.0680. The van der Waals surface area contributed by atoms with Gasteiger partial charge in [-0.25, -0.2) is 0 Å². The number of rotatable bonds is 3. The summed E-state index contributed by atoms with van der Waals surface area (Å²) >= 11 is 0. The molecule has 0 saturated carbocycles. The molecular formula is C12H24O. The van der Waals surface area contributed by atoms with E-state index in [1.807, 2.05) is 27.7 Å². The van der Waals surface area contributed by atoms with Crippen LogP contribution in [0, 0.1) is 0 Å². The quantitative estimate of drug-likeness (QED) is 0.456. The molecule has 0 aliphatic rings. The Morgan fingerprint density at radius 2 is 0.923 bits per heavy atom. The highest BCUT2D eigenvalue weighted by molar-refractivity contribution is 4.88. The molecule has 0 spiro atoms. The maximum absolute atomic E-state index is 4.36. The van der Waals surface area contributed by atoms with E-state index in [2.05, 4.69) is 31.1 Å². The van der Waals surface area contributed by atoms with Crippen LogP contribution in [0.15, 0.2) is 51.0 Å². The van der Waals surface area contributed by atoms with Crippen LogP contribution in [0.3, 0.4) is 0 Å². The molecule has 0 atom stereocenters. The van der Waals surface area contributed by atoms with Crippen LogP contribution in [0.5, 0.6) is 0 Å². The molecule has 1 nitrogen and oxygen atoms in total. The molecule has 0 N–H and O–H groups in total. The summed E-state index contributed by atoms with van der Waals surface area (Å²) in [6.07, 6.45) is 5.90. The normalized spacial score (nSPS) is 4.62. The van der Waals surface area contributed by atoms with Gasteiger partial charge in [0.05, 0.1) is 12.5 Å². The lowest BCUT2D eigenvalue weighted by Crippen LogP contribution is -1.52. The minimum atomic E-state index is 1.31. The Labute approximate surface area is 84.1 Å². The highest BCUT2D eigenvalue weighted by atomic mass is 16.5. The molecule has 1 heteroatoms. The molecule has 0 unspecified atom stereocenters. The predicted molar refractivity (Wildman–Crippen MR) is 64.6 cm³/mol. The van der Waals surface area contributed by atoms with Crippen LogP contribution in [-0.2, 0) is 4.74 Å². The first-order valence-electron chi connectivity index (χ1n) is 4.44. The highest BCUT2D eigenvalue weighted by Gasteiger charge is 1.45. The van der Waals surface area contributed by atoms with Gasteiger partial charge in [-0.05, 0) is 0 Å². The van der Waals surface area contributed by atoms with Crippen LogP contribution in [0.1, 0.15) is 27.7 Å². The molecule has 78 valence electrons. The molecule has 0 fully saturated rings. The van der Waals surface area contributed by atoms with Gasteiger partial charge in [-0.2, -0.15) is 0 Å². The van der Waals surface area contributed by atoms with Crippen LogP contribution in [0.4, 0.5) is 0 Å². The molecular weight excluding hydrogens is 160 g/mol. The lowest BCUT2D eigenvalue weighted by atomic mass is 10.6. The number of allylic oxidation sites excluding steroid dienone is 2. The van der Waals surface area contributed by atoms with Gasteiger partial charge < -0.3 is 4.74 Å². The SMILES string of the molecule is C=CC=C.C=COC=C.CC.CC. The van der Waals surface area contributed by atoms with Gasteiger partial charge in [0.15, 0.2) is 0 Å². The summed E-state index contributed by atoms with van der Waals surface area (Å²) in [6.45, 7) is 21.2. The van der Waals surface area contributed by atoms with Crippen molar-refractivity contribution < 1.29 is 4.74 Å². The average Bonchev–Trinajstić information content (AvgIpc) is 2.25. The second-order valence-corrected chi connectivity index (χ2v) is 0.941. The van der Waals surface area contributed by atoms with Crippen LogP contribution in [0.25, 0.3) is 0 Å². The first kappa shape index (κ1) is 22.6. The second-order valence-electron chi connectivity index (χ2n) is 0.941. The van der Waals surface area contributed by atoms with E-state index < -0.39 is 0 Å². The molecule has 0 rings (SSSR count). The molecule has 0 amide bonds. The summed E-state index contributed by atoms with van der Waals surface area (Å²) in [4.78, 5) is 0. The summed E-state index contributed by atoms with van der Waals surface area (Å²) in [5, 5.41) is 0. The Morgan fingerprint density at radius 1 is 0.692 bits per heavy atom. The smallest absolute Gasteiger partial charge is 0.0829 e. The zero-order chi connectivity index (χ0) is 11.5. The fraction of sp³-hybridized carbons (Fsp3) is 0.333. The summed E-state index contributed by atoms with van der Waals surface area (Å²) in [6, 6.07) is 0. The third kappa shape index (κ3) is 267. The maximum atomic E-state index is 4.36. The third-order valence-electron chi connectivity index (χ3n) is 0.359. The Hall–Kier alpha value is -1.24. The van der Waals surface area contributed by atoms with Gasteiger partial charge in [-0.1, -0.05) is 66.2 Å². The van der Waals surface area contributed by atoms with Gasteiger partial charge in [0.2, 0.25) is 0 Å². The molecule has 0 aliphatic carbocycles. The molecule has 0 aromatic rings. The average molecular weight is 184 g/mol. The molecule has 0 radical (unpaired) electrons. The topological polar surface area (TPSA) is 9.23 Å². The largest absolute Gasteiger partial charge is 0.474 e. The lowest BCUT2D eigenvalue weighted by molar-refractivity contribution is 0.406. The summed E-state index contributed by atoms with van der Waals surface area (Å²) in [5.74, 6) is 0. The molecule has 0 saturated heterocycles. The Morgan fingerprint density at radius 3 is 0.923 bits per heavy atom. The zero-order valence-electron chi connectivity index (χ0n) is 9.55. The fourth-order valence-corrected chi connectivity index (χ4v) is 0.0680. The minimum Gasteiger partial charge on any atom is -0.474 e. The minimum absolute atomic E-state index is 1.31. The summed E-state index contributed by atoms with van der Waals surface area (Å²) in [7, 11) is 0. The molecule has 0 aliphatic heterocycles. The molecule has 0 aromatic heterocycles. The van der Waals surface area contributed by atoms with Crippen molar-refractivity contribution in [3.63, 3.8) is 0 Å². The van der Waals surface area contributed by atoms with Crippen molar-refractivity contribution in [3.8, 4) is 0 Å². The van der Waals surface area contributed by atoms with E-state index in [1.54, 1.807) is 12.2 Å². The van der Waals surface area contributed by atoms with Crippen molar-refractivity contribution in [2.45, 2.75) is 27.7 Å². The predicted octanol–water partition coefficient (Wildman–Crippen LogP) is 4.70. The number of hydrogen-bond acceptors (Lipinski definition) is 1. The summed E-state index contributed by atoms with van der Waals surface area (Å²) < 4.78 is 4.36. The standard InChI is InChI=1S/C4H6O.C4H6.2C2H6/c1-3-5-4-2;1-3-4-2;2*1-2/h3-4H,1-2H2;3-4H,1-2H2;2*1-2H3. The van der Waals surface area contributed by atoms with Gasteiger partial charge >= 0.3 is 0 Å². The van der Waals surface area contributed by atoms with Crippen molar-refractivity contribution in [1.82, 2.24) is 0 Å². The Kier molecular flexibility index (Phi) is 126. The molecule has 0 bridgehead atoms. The third-order valence-corrected chi connectivity index (χ3v) is 0.359. The van der Waals surface area contributed by atoms with E-state index in [0.717, 1.165) is 0 Å². The van der Waals surface area contributed by atoms with Crippen molar-refractivity contribution in [1.29, 1.82) is 0 Å². The van der Waals surface area contributed by atoms with E-state index >= 15 is 0 Å². The highest BCUT2D eigenvalue weighted by Crippen LogP contribution is 1.65. The van der Waals surface area contributed by atoms with Gasteiger partial charge in [0.25, 0.3) is 0 Å². The van der Waals surface area contributed by atoms with Gasteiger partial charge in [-0.3, -0.25) is 0 Å². The van der Waals surface area contributed by atoms with E-state index in [-0.39, 0.29) is 0 Å². The van der Waals surface area contributed by atoms with E-state index in [4.69, 9.17) is 0 Å². The van der Waals surface area contributed by atoms with Crippen molar-refractivity contribution in [3.05, 3.63) is 51.0 Å².